The summed E-state index contributed by atoms with van der Waals surface area (Å²) in [7, 11) is 0. The Balaban J connectivity index is 1.54. The van der Waals surface area contributed by atoms with E-state index in [9.17, 15) is 14.4 Å². The molecule has 1 saturated carbocycles. The maximum atomic E-state index is 13.0. The smallest absolute Gasteiger partial charge is 0.254 e. The number of rotatable bonds is 5. The van der Waals surface area contributed by atoms with Crippen molar-refractivity contribution in [2.75, 3.05) is 12.9 Å². The van der Waals surface area contributed by atoms with Gasteiger partial charge in [0.1, 0.15) is 18.5 Å². The summed E-state index contributed by atoms with van der Waals surface area (Å²) < 4.78 is 12.0. The van der Waals surface area contributed by atoms with E-state index in [-0.39, 0.29) is 51.3 Å². The summed E-state index contributed by atoms with van der Waals surface area (Å²) in [6, 6.07) is 3.30. The number of carbonyl (C=O) groups excluding carboxylic acids is 2. The molecule has 1 amide bonds. The summed E-state index contributed by atoms with van der Waals surface area (Å²) in [5, 5.41) is 3.08. The van der Waals surface area contributed by atoms with Crippen molar-refractivity contribution in [2.45, 2.75) is 50.2 Å². The van der Waals surface area contributed by atoms with E-state index >= 15 is 0 Å². The van der Waals surface area contributed by atoms with Crippen molar-refractivity contribution in [3.05, 3.63) is 49.4 Å². The van der Waals surface area contributed by atoms with E-state index in [1.54, 1.807) is 6.92 Å². The molecule has 0 radical (unpaired) electrons. The third-order valence-electron chi connectivity index (χ3n) is 6.02. The number of H-pyrrole nitrogens is 1. The number of ketones is 1. The molecule has 10 heteroatoms. The molecule has 176 valence electrons. The Morgan fingerprint density at radius 2 is 1.94 bits per heavy atom. The van der Waals surface area contributed by atoms with Crippen LogP contribution in [-0.2, 0) is 11.3 Å². The monoisotopic (exact) mass is 510 g/mol. The number of hydrogen-bond donors (Lipinski definition) is 2. The molecular formula is C23H24Cl2N2O5S. The predicted octanol–water partition coefficient (Wildman–Crippen LogP) is 4.54. The number of aromatic nitrogens is 1. The van der Waals surface area contributed by atoms with Gasteiger partial charge in [-0.15, -0.1) is 11.8 Å². The van der Waals surface area contributed by atoms with Gasteiger partial charge in [-0.3, -0.25) is 14.4 Å². The van der Waals surface area contributed by atoms with E-state index in [0.29, 0.717) is 30.8 Å². The van der Waals surface area contributed by atoms with Gasteiger partial charge in [0.2, 0.25) is 0 Å². The molecule has 1 atom stereocenters. The fourth-order valence-electron chi connectivity index (χ4n) is 4.21. The third-order valence-corrected chi connectivity index (χ3v) is 7.49. The maximum absolute atomic E-state index is 13.0. The summed E-state index contributed by atoms with van der Waals surface area (Å²) in [6.07, 6.45) is 4.13. The Bertz CT molecular complexity index is 1160. The van der Waals surface area contributed by atoms with Crippen LogP contribution in [0.5, 0.6) is 11.5 Å². The van der Waals surface area contributed by atoms with Gasteiger partial charge in [0.15, 0.2) is 11.5 Å². The minimum atomic E-state index is -0.481. The molecule has 0 spiro atoms. The van der Waals surface area contributed by atoms with Gasteiger partial charge in [-0.1, -0.05) is 23.2 Å². The number of carbonyl (C=O) groups is 2. The number of nitrogens with one attached hydrogen (secondary N) is 2. The zero-order chi connectivity index (χ0) is 23.7. The molecule has 2 aliphatic rings. The van der Waals surface area contributed by atoms with Gasteiger partial charge in [0.05, 0.1) is 15.6 Å². The second-order valence-electron chi connectivity index (χ2n) is 8.23. The zero-order valence-electron chi connectivity index (χ0n) is 18.3. The van der Waals surface area contributed by atoms with Crippen LogP contribution >= 0.6 is 35.0 Å². The topological polar surface area (TPSA) is 97.5 Å². The Morgan fingerprint density at radius 3 is 2.64 bits per heavy atom. The highest BCUT2D eigenvalue weighted by Gasteiger charge is 2.35. The van der Waals surface area contributed by atoms with Crippen molar-refractivity contribution >= 4 is 46.7 Å². The van der Waals surface area contributed by atoms with E-state index < -0.39 is 5.91 Å². The second-order valence-corrected chi connectivity index (χ2v) is 9.87. The average molecular weight is 511 g/mol. The van der Waals surface area contributed by atoms with Crippen LogP contribution in [0, 0.1) is 12.8 Å². The normalized spacial score (nSPS) is 18.3. The highest BCUT2D eigenvalue weighted by Crippen LogP contribution is 2.47. The Labute approximate surface area is 205 Å². The van der Waals surface area contributed by atoms with Crippen LogP contribution in [0.25, 0.3) is 0 Å². The molecule has 2 aromatic rings. The van der Waals surface area contributed by atoms with E-state index in [4.69, 9.17) is 32.7 Å². The molecule has 1 aliphatic heterocycles. The average Bonchev–Trinajstić information content (AvgIpc) is 2.80. The fraction of sp³-hybridized carbons (Fsp3) is 0.435. The van der Waals surface area contributed by atoms with Crippen LogP contribution < -0.4 is 20.3 Å². The molecule has 1 aliphatic carbocycles. The van der Waals surface area contributed by atoms with Gasteiger partial charge >= 0.3 is 0 Å². The molecule has 1 aromatic carbocycles. The van der Waals surface area contributed by atoms with Gasteiger partial charge in [-0.2, -0.15) is 0 Å². The summed E-state index contributed by atoms with van der Waals surface area (Å²) in [5.41, 5.74) is 1.10. The first-order valence-corrected chi connectivity index (χ1v) is 12.6. The van der Waals surface area contributed by atoms with E-state index in [2.05, 4.69) is 10.3 Å². The van der Waals surface area contributed by atoms with Crippen molar-refractivity contribution < 1.29 is 19.1 Å². The third kappa shape index (κ3) is 5.03. The van der Waals surface area contributed by atoms with E-state index in [0.717, 1.165) is 23.4 Å². The van der Waals surface area contributed by atoms with Gasteiger partial charge in [0, 0.05) is 41.5 Å². The van der Waals surface area contributed by atoms with Crippen molar-refractivity contribution in [3.63, 3.8) is 0 Å². The van der Waals surface area contributed by atoms with Crippen molar-refractivity contribution in [2.24, 2.45) is 5.92 Å². The zero-order valence-corrected chi connectivity index (χ0v) is 20.6. The number of thioether (sulfide) groups is 1. The molecule has 0 bridgehead atoms. The number of amides is 1. The number of halogens is 2. The van der Waals surface area contributed by atoms with E-state index in [1.807, 2.05) is 12.3 Å². The highest BCUT2D eigenvalue weighted by molar-refractivity contribution is 7.98. The number of aryl methyl sites for hydroxylation is 1. The van der Waals surface area contributed by atoms with Crippen LogP contribution in [0.1, 0.15) is 47.3 Å². The number of hydrogen-bond acceptors (Lipinski definition) is 6. The lowest BCUT2D eigenvalue weighted by Gasteiger charge is -2.34. The second kappa shape index (κ2) is 9.99. The number of aromatic amines is 1. The molecule has 2 N–H and O–H groups in total. The first-order valence-electron chi connectivity index (χ1n) is 10.7. The van der Waals surface area contributed by atoms with Gasteiger partial charge in [-0.05, 0) is 38.2 Å². The summed E-state index contributed by atoms with van der Waals surface area (Å²) in [4.78, 5) is 40.4. The maximum Gasteiger partial charge on any atom is 0.254 e. The quantitative estimate of drug-likeness (QED) is 0.573. The molecule has 1 aromatic heterocycles. The lowest BCUT2D eigenvalue weighted by molar-refractivity contribution is -0.121. The number of pyridine rings is 1. The molecule has 33 heavy (non-hydrogen) atoms. The Morgan fingerprint density at radius 1 is 1.21 bits per heavy atom. The number of ether oxygens (including phenoxy) is 2. The largest absolute Gasteiger partial charge is 0.484 e. The van der Waals surface area contributed by atoms with Crippen LogP contribution in [0.2, 0.25) is 10.0 Å². The summed E-state index contributed by atoms with van der Waals surface area (Å²) >= 11 is 14.4. The molecule has 1 fully saturated rings. The number of benzene rings is 1. The summed E-state index contributed by atoms with van der Waals surface area (Å²) in [6.45, 7) is 2.14. The van der Waals surface area contributed by atoms with Gasteiger partial charge < -0.3 is 19.8 Å². The molecule has 0 unspecified atom stereocenters. The molecule has 0 saturated heterocycles. The van der Waals surface area contributed by atoms with Crippen LogP contribution in [0.15, 0.2) is 21.8 Å². The van der Waals surface area contributed by atoms with Gasteiger partial charge in [0.25, 0.3) is 11.5 Å². The molecule has 7 nitrogen and oxygen atoms in total. The lowest BCUT2D eigenvalue weighted by Crippen LogP contribution is -2.38. The first kappa shape index (κ1) is 24.0. The minimum absolute atomic E-state index is 0.0335. The van der Waals surface area contributed by atoms with Gasteiger partial charge in [-0.25, -0.2) is 0 Å². The first-order chi connectivity index (χ1) is 15.8. The number of fused-ring (bicyclic) bond motifs is 1. The Hall–Kier alpha value is -2.16. The molecule has 4 rings (SSSR count). The highest BCUT2D eigenvalue weighted by atomic mass is 35.5. The minimum Gasteiger partial charge on any atom is -0.484 e. The van der Waals surface area contributed by atoms with Crippen LogP contribution in [0.3, 0.4) is 0 Å². The fourth-order valence-corrected chi connectivity index (χ4v) is 5.43. The molecule has 2 heterocycles. The predicted molar refractivity (Wildman–Crippen MR) is 128 cm³/mol. The lowest BCUT2D eigenvalue weighted by atomic mass is 9.84. The molecular weight excluding hydrogens is 487 g/mol. The van der Waals surface area contributed by atoms with Crippen molar-refractivity contribution in [3.8, 4) is 11.5 Å². The van der Waals surface area contributed by atoms with E-state index in [1.165, 1.54) is 17.8 Å². The van der Waals surface area contributed by atoms with Crippen molar-refractivity contribution in [1.29, 1.82) is 0 Å². The SMILES string of the molecule is CSc1cc(C)[nH]c(=O)c1CNC(=O)c1cc(Cl)c2c(c1Cl)O[C@@H](C1CCC(=O)CC1)CO2. The Kier molecular flexibility index (Phi) is 7.26. The number of Topliss-reactive ketones (excluding diaryl/α,β-unsaturated/α-hetero) is 1. The summed E-state index contributed by atoms with van der Waals surface area (Å²) in [5.74, 6) is 0.494. The van der Waals surface area contributed by atoms with Crippen molar-refractivity contribution in [1.82, 2.24) is 10.3 Å². The van der Waals surface area contributed by atoms with Crippen LogP contribution in [-0.4, -0.2) is 35.6 Å². The van der Waals surface area contributed by atoms with Crippen LogP contribution in [0.4, 0.5) is 0 Å². The standard InChI is InChI=1S/C23H24Cl2N2O5S/c1-11-7-18(33-2)15(23(30)27-11)9-26-22(29)14-8-16(24)20-21(19(14)25)32-17(10-31-20)12-3-5-13(28)6-4-12/h7-8,12,17H,3-6,9-10H2,1-2H3,(H,26,29)(H,27,30)/t17-/m1/s1.